The number of methoxy groups -OCH3 is 1. The second kappa shape index (κ2) is 11.7. The van der Waals surface area contributed by atoms with E-state index in [4.69, 9.17) is 10.5 Å². The van der Waals surface area contributed by atoms with Crippen LogP contribution < -0.4 is 10.5 Å². The summed E-state index contributed by atoms with van der Waals surface area (Å²) in [7, 11) is 1.33. The van der Waals surface area contributed by atoms with Gasteiger partial charge in [-0.25, -0.2) is 9.37 Å². The first-order chi connectivity index (χ1) is 13.5. The molecule has 2 rings (SSSR count). The Bertz CT molecular complexity index is 767. The van der Waals surface area contributed by atoms with Gasteiger partial charge < -0.3 is 15.6 Å². The summed E-state index contributed by atoms with van der Waals surface area (Å²) in [5.74, 6) is -0.270. The van der Waals surface area contributed by atoms with Gasteiger partial charge in [-0.1, -0.05) is 34.1 Å². The van der Waals surface area contributed by atoms with E-state index in [1.54, 1.807) is 0 Å². The third-order valence-corrected chi connectivity index (χ3v) is 3.70. The number of hydrogen-bond donors (Lipinski definition) is 2. The molecular weight excluding hydrogens is 388 g/mol. The monoisotopic (exact) mass is 418 g/mol. The molecule has 164 valence electrons. The summed E-state index contributed by atoms with van der Waals surface area (Å²) in [5, 5.41) is 9.95. The van der Waals surface area contributed by atoms with Crippen LogP contribution in [0.5, 0.6) is 5.75 Å². The molecule has 0 fully saturated rings. The van der Waals surface area contributed by atoms with E-state index in [0.29, 0.717) is 11.1 Å². The SMILES string of the molecule is CC.CCC.COc1ccc(C(O)(CN)C(F)(F)F)nc1-c1ccc(F)c(C)c1. The predicted molar refractivity (Wildman–Crippen MR) is 107 cm³/mol. The van der Waals surface area contributed by atoms with Gasteiger partial charge >= 0.3 is 6.18 Å². The maximum atomic E-state index is 13.4. The number of aromatic nitrogens is 1. The van der Waals surface area contributed by atoms with Crippen molar-refractivity contribution in [2.45, 2.75) is 52.8 Å². The topological polar surface area (TPSA) is 68.4 Å². The number of hydrogen-bond acceptors (Lipinski definition) is 4. The van der Waals surface area contributed by atoms with Crippen LogP contribution in [0.1, 0.15) is 45.4 Å². The highest BCUT2D eigenvalue weighted by molar-refractivity contribution is 5.67. The summed E-state index contributed by atoms with van der Waals surface area (Å²) < 4.78 is 58.0. The van der Waals surface area contributed by atoms with Crippen molar-refractivity contribution in [3.63, 3.8) is 0 Å². The van der Waals surface area contributed by atoms with Crippen LogP contribution >= 0.6 is 0 Å². The predicted octanol–water partition coefficient (Wildman–Crippen LogP) is 5.36. The molecule has 0 amide bonds. The van der Waals surface area contributed by atoms with E-state index >= 15 is 0 Å². The minimum atomic E-state index is -5.00. The Labute approximate surface area is 169 Å². The lowest BCUT2D eigenvalue weighted by molar-refractivity contribution is -0.263. The van der Waals surface area contributed by atoms with Crippen LogP contribution in [-0.4, -0.2) is 29.9 Å². The molecule has 4 nitrogen and oxygen atoms in total. The second-order valence-corrected chi connectivity index (χ2v) is 5.98. The van der Waals surface area contributed by atoms with E-state index < -0.39 is 29.8 Å². The van der Waals surface area contributed by atoms with Gasteiger partial charge in [-0.3, -0.25) is 0 Å². The van der Waals surface area contributed by atoms with E-state index in [2.05, 4.69) is 18.8 Å². The molecule has 0 aliphatic rings. The van der Waals surface area contributed by atoms with Crippen LogP contribution in [-0.2, 0) is 5.60 Å². The molecule has 1 atom stereocenters. The van der Waals surface area contributed by atoms with Gasteiger partial charge in [0.15, 0.2) is 0 Å². The molecule has 1 unspecified atom stereocenters. The fourth-order valence-electron chi connectivity index (χ4n) is 2.21. The highest BCUT2D eigenvalue weighted by atomic mass is 19.4. The van der Waals surface area contributed by atoms with Crippen molar-refractivity contribution < 1.29 is 27.4 Å². The van der Waals surface area contributed by atoms with Gasteiger partial charge in [0.2, 0.25) is 5.60 Å². The summed E-state index contributed by atoms with van der Waals surface area (Å²) in [6.07, 6.45) is -3.75. The van der Waals surface area contributed by atoms with Gasteiger partial charge in [-0.05, 0) is 42.8 Å². The number of alkyl halides is 3. The molecule has 0 radical (unpaired) electrons. The van der Waals surface area contributed by atoms with Crippen LogP contribution in [0.3, 0.4) is 0 Å². The standard InChI is InChI=1S/C16H16F4N2O2.C3H8.C2H6/c1-9-7-10(3-4-11(9)17)14-12(24-2)5-6-13(22-14)15(23,8-21)16(18,19)20;1-3-2;1-2/h3-7,23H,8,21H2,1-2H3;3H2,1-2H3;1-2H3. The largest absolute Gasteiger partial charge is 0.494 e. The number of nitrogens with two attached hydrogens (primary N) is 1. The average molecular weight is 418 g/mol. The Hall–Kier alpha value is -2.19. The number of halogens is 4. The third kappa shape index (κ3) is 6.40. The lowest BCUT2D eigenvalue weighted by Crippen LogP contribution is -2.49. The Morgan fingerprint density at radius 2 is 1.66 bits per heavy atom. The van der Waals surface area contributed by atoms with Gasteiger partial charge in [-0.15, -0.1) is 0 Å². The van der Waals surface area contributed by atoms with E-state index in [1.807, 2.05) is 13.8 Å². The molecule has 2 aromatic rings. The van der Waals surface area contributed by atoms with Crippen molar-refractivity contribution in [1.82, 2.24) is 4.98 Å². The highest BCUT2D eigenvalue weighted by Crippen LogP contribution is 2.39. The molecule has 1 aromatic heterocycles. The fraction of sp³-hybridized carbons (Fsp3) is 0.476. The molecule has 1 heterocycles. The Balaban J connectivity index is 0.00000143. The lowest BCUT2D eigenvalue weighted by atomic mass is 9.97. The number of aliphatic hydroxyl groups is 1. The van der Waals surface area contributed by atoms with Crippen molar-refractivity contribution in [3.05, 3.63) is 47.4 Å². The summed E-state index contributed by atoms with van der Waals surface area (Å²) in [6, 6.07) is 6.23. The molecule has 8 heteroatoms. The van der Waals surface area contributed by atoms with Crippen molar-refractivity contribution in [1.29, 1.82) is 0 Å². The number of nitrogens with zero attached hydrogens (tertiary/aromatic N) is 1. The maximum absolute atomic E-state index is 13.4. The first-order valence-corrected chi connectivity index (χ1v) is 9.36. The third-order valence-electron chi connectivity index (χ3n) is 3.70. The van der Waals surface area contributed by atoms with Gasteiger partial charge in [0.1, 0.15) is 17.3 Å². The highest BCUT2D eigenvalue weighted by Gasteiger charge is 2.55. The van der Waals surface area contributed by atoms with E-state index in [9.17, 15) is 22.7 Å². The Morgan fingerprint density at radius 1 is 1.10 bits per heavy atom. The van der Waals surface area contributed by atoms with Gasteiger partial charge in [0.25, 0.3) is 0 Å². The number of pyridine rings is 1. The zero-order chi connectivity index (χ0) is 22.8. The normalized spacial score (nSPS) is 12.7. The molecule has 0 bridgehead atoms. The van der Waals surface area contributed by atoms with Crippen molar-refractivity contribution >= 4 is 0 Å². The van der Waals surface area contributed by atoms with E-state index in [0.717, 1.165) is 6.07 Å². The average Bonchev–Trinajstić information content (AvgIpc) is 2.70. The van der Waals surface area contributed by atoms with Crippen molar-refractivity contribution in [3.8, 4) is 17.0 Å². The summed E-state index contributed by atoms with van der Waals surface area (Å²) >= 11 is 0. The van der Waals surface area contributed by atoms with Crippen molar-refractivity contribution in [2.75, 3.05) is 13.7 Å². The molecular formula is C21H30F4N2O2. The number of rotatable bonds is 4. The Kier molecular flexibility index (Phi) is 10.8. The van der Waals surface area contributed by atoms with Crippen LogP contribution in [0, 0.1) is 12.7 Å². The Morgan fingerprint density at radius 3 is 2.07 bits per heavy atom. The smallest absolute Gasteiger partial charge is 0.424 e. The zero-order valence-electron chi connectivity index (χ0n) is 17.7. The number of aryl methyl sites for hydroxylation is 1. The summed E-state index contributed by atoms with van der Waals surface area (Å²) in [6.45, 7) is 8.68. The maximum Gasteiger partial charge on any atom is 0.424 e. The first kappa shape index (κ1) is 26.8. The minimum Gasteiger partial charge on any atom is -0.494 e. The zero-order valence-corrected chi connectivity index (χ0v) is 17.7. The number of ether oxygens (including phenoxy) is 1. The second-order valence-electron chi connectivity index (χ2n) is 5.98. The molecule has 0 saturated carbocycles. The number of benzene rings is 1. The molecule has 0 spiro atoms. The lowest BCUT2D eigenvalue weighted by Gasteiger charge is -2.29. The molecule has 0 aliphatic carbocycles. The van der Waals surface area contributed by atoms with E-state index in [-0.39, 0.29) is 11.4 Å². The quantitative estimate of drug-likeness (QED) is 0.657. The van der Waals surface area contributed by atoms with Gasteiger partial charge in [0, 0.05) is 12.1 Å². The van der Waals surface area contributed by atoms with Crippen molar-refractivity contribution in [2.24, 2.45) is 5.73 Å². The van der Waals surface area contributed by atoms with E-state index in [1.165, 1.54) is 44.7 Å². The molecule has 0 aliphatic heterocycles. The molecule has 1 aromatic carbocycles. The molecule has 3 N–H and O–H groups in total. The molecule has 29 heavy (non-hydrogen) atoms. The summed E-state index contributed by atoms with van der Waals surface area (Å²) in [4.78, 5) is 3.90. The minimum absolute atomic E-state index is 0.0502. The van der Waals surface area contributed by atoms with Crippen LogP contribution in [0.15, 0.2) is 30.3 Å². The van der Waals surface area contributed by atoms with Gasteiger partial charge in [-0.2, -0.15) is 13.2 Å². The first-order valence-electron chi connectivity index (χ1n) is 9.36. The van der Waals surface area contributed by atoms with Crippen LogP contribution in [0.4, 0.5) is 17.6 Å². The summed E-state index contributed by atoms with van der Waals surface area (Å²) in [5.41, 5.74) is 1.90. The fourth-order valence-corrected chi connectivity index (χ4v) is 2.21. The van der Waals surface area contributed by atoms with Crippen LogP contribution in [0.25, 0.3) is 11.3 Å². The van der Waals surface area contributed by atoms with Gasteiger partial charge in [0.05, 0.1) is 12.8 Å². The molecule has 0 saturated heterocycles. The van der Waals surface area contributed by atoms with Crippen LogP contribution in [0.2, 0.25) is 0 Å².